The lowest BCUT2D eigenvalue weighted by atomic mass is 10.1. The smallest absolute Gasteiger partial charge is 0.271 e. The van der Waals surface area contributed by atoms with Crippen LogP contribution in [0.15, 0.2) is 59.1 Å². The summed E-state index contributed by atoms with van der Waals surface area (Å²) in [6.45, 7) is 0. The van der Waals surface area contributed by atoms with Crippen LogP contribution in [0.3, 0.4) is 0 Å². The number of non-ortho nitro benzene ring substituents is 1. The summed E-state index contributed by atoms with van der Waals surface area (Å²) in [4.78, 5) is 26.4. The van der Waals surface area contributed by atoms with E-state index in [1.165, 1.54) is 24.4 Å². The highest BCUT2D eigenvalue weighted by atomic mass is 16.6. The topological polar surface area (TPSA) is 92.8 Å². The number of Topliss-reactive ketones (excluding diaryl/α,β-unsaturated/α-hetero) is 1. The first-order valence-electron chi connectivity index (χ1n) is 6.44. The van der Waals surface area contributed by atoms with Crippen LogP contribution in [0.1, 0.15) is 15.9 Å². The molecule has 0 fully saturated rings. The number of aliphatic imine (C=N–C) groups is 1. The SMILES string of the molecule is O=C1C(C=Nc2cccc([N+](=O)[O-])c2)=C(O)c2ccccc21. The van der Waals surface area contributed by atoms with Crippen molar-refractivity contribution >= 4 is 29.1 Å². The largest absolute Gasteiger partial charge is 0.506 e. The van der Waals surface area contributed by atoms with E-state index < -0.39 is 4.92 Å². The van der Waals surface area contributed by atoms with Crippen molar-refractivity contribution in [2.24, 2.45) is 4.99 Å². The molecule has 0 unspecified atom stereocenters. The normalized spacial score (nSPS) is 13.7. The first-order chi connectivity index (χ1) is 10.6. The van der Waals surface area contributed by atoms with E-state index in [4.69, 9.17) is 0 Å². The molecule has 0 radical (unpaired) electrons. The lowest BCUT2D eigenvalue weighted by molar-refractivity contribution is -0.384. The van der Waals surface area contributed by atoms with E-state index in [1.54, 1.807) is 30.3 Å². The number of rotatable bonds is 3. The van der Waals surface area contributed by atoms with Gasteiger partial charge in [-0.1, -0.05) is 30.3 Å². The fourth-order valence-electron chi connectivity index (χ4n) is 2.23. The second kappa shape index (κ2) is 5.25. The quantitative estimate of drug-likeness (QED) is 0.533. The zero-order valence-electron chi connectivity index (χ0n) is 11.3. The minimum Gasteiger partial charge on any atom is -0.506 e. The molecule has 108 valence electrons. The van der Waals surface area contributed by atoms with Crippen LogP contribution < -0.4 is 0 Å². The van der Waals surface area contributed by atoms with Crippen molar-refractivity contribution in [2.75, 3.05) is 0 Å². The van der Waals surface area contributed by atoms with Crippen molar-refractivity contribution in [3.63, 3.8) is 0 Å². The highest BCUT2D eigenvalue weighted by Gasteiger charge is 2.27. The number of benzene rings is 2. The Morgan fingerprint density at radius 2 is 1.82 bits per heavy atom. The molecule has 0 spiro atoms. The predicted molar refractivity (Wildman–Crippen MR) is 81.6 cm³/mol. The zero-order chi connectivity index (χ0) is 15.7. The van der Waals surface area contributed by atoms with E-state index in [2.05, 4.69) is 4.99 Å². The number of allylic oxidation sites excluding steroid dienone is 1. The summed E-state index contributed by atoms with van der Waals surface area (Å²) < 4.78 is 0. The van der Waals surface area contributed by atoms with Gasteiger partial charge in [-0.2, -0.15) is 0 Å². The molecule has 22 heavy (non-hydrogen) atoms. The van der Waals surface area contributed by atoms with Gasteiger partial charge in [-0.3, -0.25) is 19.9 Å². The monoisotopic (exact) mass is 294 g/mol. The number of aliphatic hydroxyl groups excluding tert-OH is 1. The third kappa shape index (κ3) is 2.26. The highest BCUT2D eigenvalue weighted by Crippen LogP contribution is 2.30. The van der Waals surface area contributed by atoms with Gasteiger partial charge < -0.3 is 5.11 Å². The van der Waals surface area contributed by atoms with E-state index in [-0.39, 0.29) is 22.8 Å². The molecule has 2 aromatic rings. The maximum Gasteiger partial charge on any atom is 0.271 e. The fourth-order valence-corrected chi connectivity index (χ4v) is 2.23. The molecule has 3 rings (SSSR count). The van der Waals surface area contributed by atoms with Gasteiger partial charge in [-0.05, 0) is 6.07 Å². The number of nitro benzene ring substituents is 1. The number of nitro groups is 1. The van der Waals surface area contributed by atoms with Gasteiger partial charge in [-0.15, -0.1) is 0 Å². The van der Waals surface area contributed by atoms with Crippen molar-refractivity contribution in [3.8, 4) is 0 Å². The molecule has 0 amide bonds. The molecule has 0 aliphatic heterocycles. The average Bonchev–Trinajstić information content (AvgIpc) is 2.78. The molecule has 0 heterocycles. The second-order valence-electron chi connectivity index (χ2n) is 4.67. The van der Waals surface area contributed by atoms with Gasteiger partial charge in [0.25, 0.3) is 5.69 Å². The minimum atomic E-state index is -0.521. The van der Waals surface area contributed by atoms with E-state index in [0.717, 1.165) is 0 Å². The zero-order valence-corrected chi connectivity index (χ0v) is 11.3. The van der Waals surface area contributed by atoms with Gasteiger partial charge in [-0.25, -0.2) is 0 Å². The van der Waals surface area contributed by atoms with E-state index >= 15 is 0 Å². The molecule has 0 saturated carbocycles. The Morgan fingerprint density at radius 3 is 2.50 bits per heavy atom. The molecule has 0 saturated heterocycles. The number of fused-ring (bicyclic) bond motifs is 1. The summed E-state index contributed by atoms with van der Waals surface area (Å²) in [6, 6.07) is 12.4. The van der Waals surface area contributed by atoms with Crippen LogP contribution >= 0.6 is 0 Å². The molecular formula is C16H10N2O4. The maximum atomic E-state index is 12.2. The number of carbonyl (C=O) groups is 1. The van der Waals surface area contributed by atoms with Crippen molar-refractivity contribution in [2.45, 2.75) is 0 Å². The van der Waals surface area contributed by atoms with Crippen LogP contribution in [0.2, 0.25) is 0 Å². The van der Waals surface area contributed by atoms with E-state index in [1.807, 2.05) is 0 Å². The van der Waals surface area contributed by atoms with Gasteiger partial charge in [0.1, 0.15) is 5.76 Å². The van der Waals surface area contributed by atoms with Gasteiger partial charge in [0, 0.05) is 29.5 Å². The van der Waals surface area contributed by atoms with E-state index in [0.29, 0.717) is 16.8 Å². The minimum absolute atomic E-state index is 0.0766. The van der Waals surface area contributed by atoms with Crippen LogP contribution in [0.5, 0.6) is 0 Å². The van der Waals surface area contributed by atoms with Crippen molar-refractivity contribution in [1.82, 2.24) is 0 Å². The van der Waals surface area contributed by atoms with Crippen molar-refractivity contribution < 1.29 is 14.8 Å². The Kier molecular flexibility index (Phi) is 3.27. The summed E-state index contributed by atoms with van der Waals surface area (Å²) in [7, 11) is 0. The predicted octanol–water partition coefficient (Wildman–Crippen LogP) is 3.46. The van der Waals surface area contributed by atoms with Gasteiger partial charge in [0.15, 0.2) is 5.78 Å². The first-order valence-corrected chi connectivity index (χ1v) is 6.44. The van der Waals surface area contributed by atoms with Gasteiger partial charge in [0.2, 0.25) is 0 Å². The summed E-state index contributed by atoms with van der Waals surface area (Å²) in [5.41, 5.74) is 1.20. The highest BCUT2D eigenvalue weighted by molar-refractivity contribution is 6.30. The molecule has 1 aliphatic carbocycles. The summed E-state index contributed by atoms with van der Waals surface area (Å²) >= 11 is 0. The summed E-state index contributed by atoms with van der Waals surface area (Å²) in [6.07, 6.45) is 1.23. The summed E-state index contributed by atoms with van der Waals surface area (Å²) in [5, 5.41) is 20.8. The Balaban J connectivity index is 1.94. The molecule has 0 atom stereocenters. The van der Waals surface area contributed by atoms with Crippen LogP contribution in [0, 0.1) is 10.1 Å². The average molecular weight is 294 g/mol. The molecule has 1 aliphatic rings. The van der Waals surface area contributed by atoms with Crippen LogP contribution in [0.4, 0.5) is 11.4 Å². The first kappa shape index (κ1) is 13.7. The number of nitrogens with zero attached hydrogens (tertiary/aromatic N) is 2. The van der Waals surface area contributed by atoms with Crippen LogP contribution in [-0.4, -0.2) is 22.0 Å². The summed E-state index contributed by atoms with van der Waals surface area (Å²) in [5.74, 6) is -0.447. The molecule has 6 nitrogen and oxygen atoms in total. The number of carbonyl (C=O) groups excluding carboxylic acids is 1. The molecule has 2 aromatic carbocycles. The Bertz CT molecular complexity index is 853. The van der Waals surface area contributed by atoms with Crippen LogP contribution in [-0.2, 0) is 0 Å². The standard InChI is InChI=1S/C16H10N2O4/c19-15-12-6-1-2-7-13(12)16(20)14(15)9-17-10-4-3-5-11(8-10)18(21)22/h1-9,19H. The number of hydrogen-bond acceptors (Lipinski definition) is 5. The number of aliphatic hydroxyl groups is 1. The number of hydrogen-bond donors (Lipinski definition) is 1. The molecule has 1 N–H and O–H groups in total. The van der Waals surface area contributed by atoms with E-state index in [9.17, 15) is 20.0 Å². The Labute approximate surface area is 125 Å². The van der Waals surface area contributed by atoms with Crippen molar-refractivity contribution in [1.29, 1.82) is 0 Å². The molecule has 0 bridgehead atoms. The molecular weight excluding hydrogens is 284 g/mol. The lowest BCUT2D eigenvalue weighted by Crippen LogP contribution is -1.99. The lowest BCUT2D eigenvalue weighted by Gasteiger charge is -1.96. The maximum absolute atomic E-state index is 12.2. The third-order valence-electron chi connectivity index (χ3n) is 3.31. The van der Waals surface area contributed by atoms with Crippen molar-refractivity contribution in [3.05, 3.63) is 75.3 Å². The fraction of sp³-hybridized carbons (Fsp3) is 0. The molecule has 0 aromatic heterocycles. The molecule has 6 heteroatoms. The van der Waals surface area contributed by atoms with Crippen LogP contribution in [0.25, 0.3) is 5.76 Å². The Morgan fingerprint density at radius 1 is 1.09 bits per heavy atom. The number of ketones is 1. The van der Waals surface area contributed by atoms with Gasteiger partial charge in [0.05, 0.1) is 16.2 Å². The third-order valence-corrected chi connectivity index (χ3v) is 3.31. The Hall–Kier alpha value is -3.28. The second-order valence-corrected chi connectivity index (χ2v) is 4.67. The van der Waals surface area contributed by atoms with Gasteiger partial charge >= 0.3 is 0 Å².